The Morgan fingerprint density at radius 1 is 1.02 bits per heavy atom. The van der Waals surface area contributed by atoms with Crippen LogP contribution in [0.1, 0.15) is 69.9 Å². The number of allylic oxidation sites excluding steroid dienone is 4. The summed E-state index contributed by atoms with van der Waals surface area (Å²) in [6.07, 6.45) is 6.17. The predicted octanol–water partition coefficient (Wildman–Crippen LogP) is 4.85. The molecule has 12 nitrogen and oxygen atoms in total. The maximum Gasteiger partial charge on any atom is 0.310 e. The van der Waals surface area contributed by atoms with Crippen molar-refractivity contribution in [3.8, 4) is 0 Å². The van der Waals surface area contributed by atoms with Crippen LogP contribution in [0.2, 0.25) is 0 Å². The van der Waals surface area contributed by atoms with Crippen molar-refractivity contribution in [3.05, 3.63) is 95.9 Å². The van der Waals surface area contributed by atoms with E-state index in [1.165, 1.54) is 12.2 Å². The van der Waals surface area contributed by atoms with Crippen LogP contribution in [-0.4, -0.2) is 80.6 Å². The third-order valence-corrected chi connectivity index (χ3v) is 14.8. The number of pyridine rings is 1. The number of nitrogens with one attached hydrogen (secondary N) is 1. The topological polar surface area (TPSA) is 198 Å². The van der Waals surface area contributed by atoms with Crippen molar-refractivity contribution in [2.24, 2.45) is 46.2 Å². The van der Waals surface area contributed by atoms with Gasteiger partial charge in [0.15, 0.2) is 11.5 Å². The van der Waals surface area contributed by atoms with Crippen LogP contribution in [0.15, 0.2) is 84.7 Å². The number of rotatable bonds is 11. The average molecular weight is 810 g/mol. The number of hydrogen-bond acceptors (Lipinski definition) is 11. The number of anilines is 1. The molecule has 3 unspecified atom stereocenters. The van der Waals surface area contributed by atoms with Crippen LogP contribution in [0, 0.1) is 40.4 Å². The minimum atomic E-state index is -2.08. The molecule has 0 radical (unpaired) electrons. The van der Waals surface area contributed by atoms with Crippen LogP contribution >= 0.6 is 0 Å². The number of carbonyl (C=O) groups is 4. The normalized spacial score (nSPS) is 35.4. The number of benzene rings is 2. The molecule has 0 saturated heterocycles. The molecule has 2 aromatic carbocycles. The molecular formula is C46H52FN3O9. The lowest BCUT2D eigenvalue weighted by molar-refractivity contribution is -0.244. The van der Waals surface area contributed by atoms with E-state index in [1.807, 2.05) is 18.2 Å². The number of esters is 2. The van der Waals surface area contributed by atoms with Crippen LogP contribution in [0.3, 0.4) is 0 Å². The number of amides is 1. The number of nitrogens with zero attached hydrogens (tertiary/aromatic N) is 1. The number of aliphatic hydroxyl groups excluding tert-OH is 2. The number of hydrogen-bond donors (Lipinski definition) is 5. The molecule has 59 heavy (non-hydrogen) atoms. The average Bonchev–Trinajstić information content (AvgIpc) is 4.00. The summed E-state index contributed by atoms with van der Waals surface area (Å²) in [6, 6.07) is 14.4. The number of alkyl halides is 1. The van der Waals surface area contributed by atoms with Gasteiger partial charge in [0.1, 0.15) is 24.9 Å². The van der Waals surface area contributed by atoms with Crippen LogP contribution in [0.25, 0.3) is 10.8 Å². The highest BCUT2D eigenvalue weighted by molar-refractivity contribution is 6.01. The molecule has 4 saturated carbocycles. The second kappa shape index (κ2) is 15.0. The summed E-state index contributed by atoms with van der Waals surface area (Å²) in [5.74, 6) is -5.37. The molecule has 0 bridgehead atoms. The van der Waals surface area contributed by atoms with Crippen molar-refractivity contribution in [1.29, 1.82) is 0 Å². The molecule has 5 aliphatic rings. The summed E-state index contributed by atoms with van der Waals surface area (Å²) in [6.45, 7) is 4.79. The Labute approximate surface area is 342 Å². The lowest BCUT2D eigenvalue weighted by Gasteiger charge is -2.63. The zero-order valence-corrected chi connectivity index (χ0v) is 33.5. The van der Waals surface area contributed by atoms with E-state index in [2.05, 4.69) is 10.3 Å². The third kappa shape index (κ3) is 6.61. The fourth-order valence-electron chi connectivity index (χ4n) is 11.3. The molecule has 8 rings (SSSR count). The first-order valence-corrected chi connectivity index (χ1v) is 20.5. The quantitative estimate of drug-likeness (QED) is 0.166. The molecule has 0 aliphatic heterocycles. The number of halogens is 1. The van der Waals surface area contributed by atoms with Gasteiger partial charge in [-0.05, 0) is 97.7 Å². The Bertz CT molecular complexity index is 2250. The van der Waals surface area contributed by atoms with Crippen LogP contribution < -0.4 is 11.1 Å². The lowest BCUT2D eigenvalue weighted by atomic mass is 9.44. The Hall–Kier alpha value is -4.82. The highest BCUT2D eigenvalue weighted by atomic mass is 19.1. The van der Waals surface area contributed by atoms with Gasteiger partial charge in [0.25, 0.3) is 0 Å². The molecule has 1 amide bonds. The Morgan fingerprint density at radius 3 is 2.47 bits per heavy atom. The lowest BCUT2D eigenvalue weighted by Crippen LogP contribution is -2.70. The molecule has 3 aromatic rings. The van der Waals surface area contributed by atoms with Crippen molar-refractivity contribution in [1.82, 2.24) is 4.98 Å². The van der Waals surface area contributed by atoms with E-state index in [0.717, 1.165) is 10.8 Å². The molecule has 5 aliphatic carbocycles. The number of ether oxygens (including phenoxy) is 2. The second-order valence-electron chi connectivity index (χ2n) is 17.9. The number of aliphatic hydroxyl groups is 3. The minimum Gasteiger partial charge on any atom is -0.463 e. The van der Waals surface area contributed by atoms with E-state index in [0.29, 0.717) is 41.6 Å². The van der Waals surface area contributed by atoms with Gasteiger partial charge in [0.2, 0.25) is 5.91 Å². The zero-order chi connectivity index (χ0) is 42.1. The first-order valence-electron chi connectivity index (χ1n) is 20.5. The molecule has 12 atom stereocenters. The summed E-state index contributed by atoms with van der Waals surface area (Å²) < 4.78 is 28.5. The van der Waals surface area contributed by atoms with Crippen molar-refractivity contribution < 1.29 is 48.4 Å². The van der Waals surface area contributed by atoms with E-state index in [4.69, 9.17) is 15.2 Å². The third-order valence-electron chi connectivity index (χ3n) is 14.8. The summed E-state index contributed by atoms with van der Waals surface area (Å²) >= 11 is 0. The maximum absolute atomic E-state index is 17.5. The van der Waals surface area contributed by atoms with Gasteiger partial charge < -0.3 is 35.8 Å². The summed E-state index contributed by atoms with van der Waals surface area (Å²) in [7, 11) is 0. The number of aromatic nitrogens is 1. The van der Waals surface area contributed by atoms with Crippen LogP contribution in [0.5, 0.6) is 0 Å². The van der Waals surface area contributed by atoms with E-state index in [1.54, 1.807) is 69.6 Å². The number of carbonyl (C=O) groups excluding carboxylic acids is 4. The molecule has 6 N–H and O–H groups in total. The second-order valence-corrected chi connectivity index (χ2v) is 17.9. The Kier molecular flexibility index (Phi) is 10.4. The molecule has 13 heteroatoms. The van der Waals surface area contributed by atoms with Gasteiger partial charge >= 0.3 is 11.9 Å². The van der Waals surface area contributed by atoms with Gasteiger partial charge in [-0.3, -0.25) is 24.2 Å². The monoisotopic (exact) mass is 809 g/mol. The molecule has 1 aromatic heterocycles. The smallest absolute Gasteiger partial charge is 0.310 e. The maximum atomic E-state index is 17.5. The SMILES string of the molecule is C[C@@H]1C[C@H]2[C@@H]3CCC4=CC(=O)C=C[C@]4(C)[C@@]3(F)[C@@H](O)C[C@]2(C)[C@@]1(O)C(O)COC(=O)C1CC1C(=O)OCc1ccc([C@@H](CN)C(=O)Nc2ccc3cnccc3c2)cc1. The summed E-state index contributed by atoms with van der Waals surface area (Å²) in [4.78, 5) is 55.5. The van der Waals surface area contributed by atoms with Gasteiger partial charge in [-0.25, -0.2) is 4.39 Å². The molecule has 312 valence electrons. The summed E-state index contributed by atoms with van der Waals surface area (Å²) in [5.41, 5.74) is 2.50. The van der Waals surface area contributed by atoms with Gasteiger partial charge in [-0.1, -0.05) is 55.8 Å². The number of ketones is 1. The van der Waals surface area contributed by atoms with Crippen LogP contribution in [-0.2, 0) is 35.3 Å². The Balaban J connectivity index is 0.835. The van der Waals surface area contributed by atoms with Gasteiger partial charge in [0.05, 0.1) is 23.9 Å². The van der Waals surface area contributed by atoms with E-state index in [-0.39, 0.29) is 37.7 Å². The van der Waals surface area contributed by atoms with Crippen molar-refractivity contribution in [2.45, 2.75) is 88.9 Å². The highest BCUT2D eigenvalue weighted by Gasteiger charge is 2.75. The van der Waals surface area contributed by atoms with E-state index >= 15 is 4.39 Å². The fraction of sp³-hybridized carbons (Fsp3) is 0.500. The summed E-state index contributed by atoms with van der Waals surface area (Å²) in [5, 5.41) is 40.3. The van der Waals surface area contributed by atoms with Crippen molar-refractivity contribution >= 4 is 40.1 Å². The van der Waals surface area contributed by atoms with Crippen molar-refractivity contribution in [3.63, 3.8) is 0 Å². The molecular weight excluding hydrogens is 758 g/mol. The Morgan fingerprint density at radius 2 is 1.75 bits per heavy atom. The fourth-order valence-corrected chi connectivity index (χ4v) is 11.3. The number of fused-ring (bicyclic) bond motifs is 6. The standard InChI is InChI=1S/C46H52FN3O9/c1-25-16-37-36-11-9-30-18-32(51)12-14-43(30,2)45(36,47)38(52)20-44(37,3)46(25,57)39(53)24-59-42(56)34-19-33(34)41(55)58-23-26-4-6-27(7-5-26)35(21-48)40(54)50-31-10-8-29-22-49-15-13-28(29)17-31/h4-8,10,12-15,17-18,22,25,33-39,52-53,57H,9,11,16,19-21,23-24,48H2,1-3H3,(H,50,54)/t25-,33?,34?,35-,36+,37+,38+,39?,43+,44+,45+,46+/m1/s1. The number of nitrogens with two attached hydrogens (primary N) is 1. The van der Waals surface area contributed by atoms with Crippen molar-refractivity contribution in [2.75, 3.05) is 18.5 Å². The van der Waals surface area contributed by atoms with Gasteiger partial charge in [-0.15, -0.1) is 0 Å². The molecule has 4 fully saturated rings. The minimum absolute atomic E-state index is 0.0512. The van der Waals surface area contributed by atoms with E-state index in [9.17, 15) is 34.5 Å². The molecule has 1 heterocycles. The van der Waals surface area contributed by atoms with Gasteiger partial charge in [-0.2, -0.15) is 0 Å². The molecule has 0 spiro atoms. The first kappa shape index (κ1) is 40.9. The zero-order valence-electron chi connectivity index (χ0n) is 33.5. The predicted molar refractivity (Wildman–Crippen MR) is 215 cm³/mol. The first-order chi connectivity index (χ1) is 28.0. The largest absolute Gasteiger partial charge is 0.463 e. The highest BCUT2D eigenvalue weighted by Crippen LogP contribution is 2.71. The van der Waals surface area contributed by atoms with E-state index < -0.39 is 88.4 Å². The van der Waals surface area contributed by atoms with Gasteiger partial charge in [0, 0.05) is 46.8 Å². The van der Waals surface area contributed by atoms with Crippen LogP contribution in [0.4, 0.5) is 10.1 Å².